The van der Waals surface area contributed by atoms with E-state index in [1.807, 2.05) is 24.3 Å². The zero-order valence-electron chi connectivity index (χ0n) is 14.6. The molecular formula is C20H26N2O2. The van der Waals surface area contributed by atoms with Crippen LogP contribution < -0.4 is 15.4 Å². The van der Waals surface area contributed by atoms with Crippen molar-refractivity contribution in [2.45, 2.75) is 26.2 Å². The van der Waals surface area contributed by atoms with Crippen molar-refractivity contribution in [3.8, 4) is 5.75 Å². The molecule has 0 radical (unpaired) electrons. The lowest BCUT2D eigenvalue weighted by Gasteiger charge is -2.09. The first kappa shape index (κ1) is 17.9. The molecule has 128 valence electrons. The molecule has 2 N–H and O–H groups in total. The highest BCUT2D eigenvalue weighted by molar-refractivity contribution is 5.80. The number of carbonyl (C=O) groups is 1. The van der Waals surface area contributed by atoms with Crippen LogP contribution in [-0.2, 0) is 11.2 Å². The Labute approximate surface area is 144 Å². The fraction of sp³-hybridized carbons (Fsp3) is 0.350. The van der Waals surface area contributed by atoms with Gasteiger partial charge in [-0.25, -0.2) is 0 Å². The van der Waals surface area contributed by atoms with E-state index in [1.54, 1.807) is 7.11 Å². The summed E-state index contributed by atoms with van der Waals surface area (Å²) in [5.74, 6) is 1.33. The second-order valence-corrected chi connectivity index (χ2v) is 6.08. The molecule has 2 rings (SSSR count). The Bertz CT molecular complexity index is 634. The number of carbonyl (C=O) groups excluding carboxylic acids is 1. The number of benzene rings is 2. The van der Waals surface area contributed by atoms with Crippen LogP contribution >= 0.6 is 0 Å². The Morgan fingerprint density at radius 2 is 1.71 bits per heavy atom. The lowest BCUT2D eigenvalue weighted by atomic mass is 10.0. The van der Waals surface area contributed by atoms with Gasteiger partial charge < -0.3 is 15.4 Å². The molecule has 0 aliphatic rings. The minimum absolute atomic E-state index is 0.00961. The molecule has 0 saturated heterocycles. The average Bonchev–Trinajstić information content (AvgIpc) is 2.61. The van der Waals surface area contributed by atoms with Gasteiger partial charge in [0.1, 0.15) is 5.75 Å². The number of amides is 1. The van der Waals surface area contributed by atoms with Gasteiger partial charge in [0.05, 0.1) is 13.7 Å². The summed E-state index contributed by atoms with van der Waals surface area (Å²) >= 11 is 0. The van der Waals surface area contributed by atoms with E-state index in [-0.39, 0.29) is 12.5 Å². The molecule has 24 heavy (non-hydrogen) atoms. The van der Waals surface area contributed by atoms with Gasteiger partial charge in [0.15, 0.2) is 0 Å². The molecule has 1 amide bonds. The molecule has 0 fully saturated rings. The van der Waals surface area contributed by atoms with Gasteiger partial charge in [-0.3, -0.25) is 4.79 Å². The Balaban J connectivity index is 1.69. The second kappa shape index (κ2) is 8.96. The summed E-state index contributed by atoms with van der Waals surface area (Å²) in [6.45, 7) is 5.28. The van der Waals surface area contributed by atoms with E-state index in [1.165, 1.54) is 11.1 Å². The smallest absolute Gasteiger partial charge is 0.239 e. The predicted molar refractivity (Wildman–Crippen MR) is 98.7 cm³/mol. The molecule has 0 saturated carbocycles. The standard InChI is InChI=1S/C20H26N2O2/c1-15(2)17-6-4-16(5-7-17)12-13-21-20(23)14-22-18-8-10-19(24-3)11-9-18/h4-11,15,22H,12-14H2,1-3H3,(H,21,23). The van der Waals surface area contributed by atoms with Crippen LogP contribution in [0.15, 0.2) is 48.5 Å². The number of ether oxygens (including phenoxy) is 1. The van der Waals surface area contributed by atoms with Gasteiger partial charge in [0.2, 0.25) is 5.91 Å². The SMILES string of the molecule is COc1ccc(NCC(=O)NCCc2ccc(C(C)C)cc2)cc1. The lowest BCUT2D eigenvalue weighted by Crippen LogP contribution is -2.31. The number of anilines is 1. The average molecular weight is 326 g/mol. The van der Waals surface area contributed by atoms with Crippen molar-refractivity contribution in [3.05, 3.63) is 59.7 Å². The third kappa shape index (κ3) is 5.61. The van der Waals surface area contributed by atoms with E-state index < -0.39 is 0 Å². The second-order valence-electron chi connectivity index (χ2n) is 6.08. The molecule has 0 atom stereocenters. The fourth-order valence-electron chi connectivity index (χ4n) is 2.37. The van der Waals surface area contributed by atoms with Crippen molar-refractivity contribution in [3.63, 3.8) is 0 Å². The minimum Gasteiger partial charge on any atom is -0.497 e. The summed E-state index contributed by atoms with van der Waals surface area (Å²) < 4.78 is 5.10. The summed E-state index contributed by atoms with van der Waals surface area (Å²) in [6, 6.07) is 16.1. The largest absolute Gasteiger partial charge is 0.497 e. The quantitative estimate of drug-likeness (QED) is 0.779. The minimum atomic E-state index is -0.00961. The number of hydrogen-bond acceptors (Lipinski definition) is 3. The molecule has 0 bridgehead atoms. The number of hydrogen-bond donors (Lipinski definition) is 2. The highest BCUT2D eigenvalue weighted by Crippen LogP contribution is 2.15. The fourth-order valence-corrected chi connectivity index (χ4v) is 2.37. The Morgan fingerprint density at radius 1 is 1.04 bits per heavy atom. The van der Waals surface area contributed by atoms with Crippen LogP contribution in [0.25, 0.3) is 0 Å². The van der Waals surface area contributed by atoms with Crippen LogP contribution in [-0.4, -0.2) is 26.1 Å². The van der Waals surface area contributed by atoms with Crippen molar-refractivity contribution < 1.29 is 9.53 Å². The van der Waals surface area contributed by atoms with Crippen molar-refractivity contribution in [2.24, 2.45) is 0 Å². The maximum absolute atomic E-state index is 11.9. The van der Waals surface area contributed by atoms with Crippen LogP contribution in [0.5, 0.6) is 5.75 Å². The monoisotopic (exact) mass is 326 g/mol. The Hall–Kier alpha value is -2.49. The maximum atomic E-state index is 11.9. The van der Waals surface area contributed by atoms with Gasteiger partial charge in [-0.05, 0) is 47.7 Å². The van der Waals surface area contributed by atoms with Crippen molar-refractivity contribution in [1.82, 2.24) is 5.32 Å². The van der Waals surface area contributed by atoms with E-state index in [0.29, 0.717) is 12.5 Å². The summed E-state index contributed by atoms with van der Waals surface area (Å²) in [6.07, 6.45) is 0.840. The van der Waals surface area contributed by atoms with E-state index in [4.69, 9.17) is 4.74 Å². The van der Waals surface area contributed by atoms with E-state index in [2.05, 4.69) is 48.7 Å². The predicted octanol–water partition coefficient (Wildman–Crippen LogP) is 3.59. The first-order valence-corrected chi connectivity index (χ1v) is 8.32. The van der Waals surface area contributed by atoms with Crippen molar-refractivity contribution in [2.75, 3.05) is 25.5 Å². The molecular weight excluding hydrogens is 300 g/mol. The van der Waals surface area contributed by atoms with E-state index in [9.17, 15) is 4.79 Å². The molecule has 0 heterocycles. The Morgan fingerprint density at radius 3 is 2.29 bits per heavy atom. The van der Waals surface area contributed by atoms with Gasteiger partial charge in [-0.2, -0.15) is 0 Å². The maximum Gasteiger partial charge on any atom is 0.239 e. The van der Waals surface area contributed by atoms with Gasteiger partial charge in [0.25, 0.3) is 0 Å². The molecule has 4 nitrogen and oxygen atoms in total. The highest BCUT2D eigenvalue weighted by atomic mass is 16.5. The first-order chi connectivity index (χ1) is 11.6. The molecule has 0 aliphatic carbocycles. The van der Waals surface area contributed by atoms with Gasteiger partial charge in [0, 0.05) is 12.2 Å². The lowest BCUT2D eigenvalue weighted by molar-refractivity contribution is -0.119. The van der Waals surface area contributed by atoms with E-state index >= 15 is 0 Å². The summed E-state index contributed by atoms with van der Waals surface area (Å²) in [7, 11) is 1.63. The third-order valence-corrected chi connectivity index (χ3v) is 3.93. The van der Waals surface area contributed by atoms with Gasteiger partial charge in [-0.15, -0.1) is 0 Å². The first-order valence-electron chi connectivity index (χ1n) is 8.32. The normalized spacial score (nSPS) is 10.5. The zero-order chi connectivity index (χ0) is 17.4. The summed E-state index contributed by atoms with van der Waals surface area (Å²) in [5.41, 5.74) is 3.48. The van der Waals surface area contributed by atoms with Crippen molar-refractivity contribution >= 4 is 11.6 Å². The molecule has 2 aromatic carbocycles. The van der Waals surface area contributed by atoms with Crippen LogP contribution in [0.3, 0.4) is 0 Å². The Kier molecular flexibility index (Phi) is 6.67. The molecule has 0 spiro atoms. The number of rotatable bonds is 8. The zero-order valence-corrected chi connectivity index (χ0v) is 14.6. The molecule has 0 aromatic heterocycles. The molecule has 0 aliphatic heterocycles. The van der Waals surface area contributed by atoms with Crippen LogP contribution in [0.2, 0.25) is 0 Å². The highest BCUT2D eigenvalue weighted by Gasteiger charge is 2.02. The summed E-state index contributed by atoms with van der Waals surface area (Å²) in [5, 5.41) is 6.03. The third-order valence-electron chi connectivity index (χ3n) is 3.93. The number of nitrogens with one attached hydrogen (secondary N) is 2. The van der Waals surface area contributed by atoms with Crippen LogP contribution in [0.1, 0.15) is 30.9 Å². The van der Waals surface area contributed by atoms with Crippen molar-refractivity contribution in [1.29, 1.82) is 0 Å². The van der Waals surface area contributed by atoms with E-state index in [0.717, 1.165) is 17.9 Å². The van der Waals surface area contributed by atoms with Gasteiger partial charge in [-0.1, -0.05) is 38.1 Å². The van der Waals surface area contributed by atoms with Gasteiger partial charge >= 0.3 is 0 Å². The molecule has 0 unspecified atom stereocenters. The van der Waals surface area contributed by atoms with Crippen LogP contribution in [0, 0.1) is 0 Å². The summed E-state index contributed by atoms with van der Waals surface area (Å²) in [4.78, 5) is 11.9. The molecule has 2 aromatic rings. The topological polar surface area (TPSA) is 50.4 Å². The van der Waals surface area contributed by atoms with Crippen LogP contribution in [0.4, 0.5) is 5.69 Å². The molecule has 4 heteroatoms. The number of methoxy groups -OCH3 is 1.